The van der Waals surface area contributed by atoms with Gasteiger partial charge >= 0.3 is 0 Å². The topological polar surface area (TPSA) is 72.9 Å². The molecule has 1 aliphatic heterocycles. The van der Waals surface area contributed by atoms with Gasteiger partial charge in [-0.2, -0.15) is 0 Å². The number of amides is 2. The van der Waals surface area contributed by atoms with Crippen LogP contribution in [-0.4, -0.2) is 66.1 Å². The van der Waals surface area contributed by atoms with Crippen LogP contribution < -0.4 is 5.32 Å². The van der Waals surface area contributed by atoms with E-state index in [0.29, 0.717) is 30.2 Å². The molecule has 0 aliphatic carbocycles. The molecule has 2 rings (SSSR count). The van der Waals surface area contributed by atoms with Gasteiger partial charge in [-0.1, -0.05) is 17.7 Å². The minimum absolute atomic E-state index is 0.0150. The van der Waals surface area contributed by atoms with Crippen molar-refractivity contribution < 1.29 is 19.1 Å². The fourth-order valence-corrected chi connectivity index (χ4v) is 2.86. The van der Waals surface area contributed by atoms with Crippen LogP contribution >= 0.6 is 11.6 Å². The third-order valence-electron chi connectivity index (χ3n) is 4.06. The highest BCUT2D eigenvalue weighted by molar-refractivity contribution is 6.31. The predicted octanol–water partition coefficient (Wildman–Crippen LogP) is 0.620. The molecule has 0 bridgehead atoms. The highest BCUT2D eigenvalue weighted by Crippen LogP contribution is 2.21. The lowest BCUT2D eigenvalue weighted by Crippen LogP contribution is -2.56. The summed E-state index contributed by atoms with van der Waals surface area (Å²) < 4.78 is 13.2. The van der Waals surface area contributed by atoms with Crippen molar-refractivity contribution in [3.63, 3.8) is 0 Å². The fourth-order valence-electron chi connectivity index (χ4n) is 2.64. The fraction of sp³-hybridized carbons (Fsp3) is 0.500. The van der Waals surface area contributed by atoms with Crippen molar-refractivity contribution in [3.05, 3.63) is 34.6 Å². The molecular formula is C16H21ClFN3O3. The Bertz CT molecular complexity index is 614. The van der Waals surface area contributed by atoms with Gasteiger partial charge in [0, 0.05) is 38.2 Å². The van der Waals surface area contributed by atoms with Crippen LogP contribution in [-0.2, 0) is 16.1 Å². The number of carbonyl (C=O) groups excluding carboxylic acids is 2. The van der Waals surface area contributed by atoms with Crippen LogP contribution in [0.3, 0.4) is 0 Å². The van der Waals surface area contributed by atoms with E-state index in [1.165, 1.54) is 17.0 Å². The van der Waals surface area contributed by atoms with Gasteiger partial charge in [0.15, 0.2) is 0 Å². The number of piperazine rings is 1. The molecule has 1 heterocycles. The van der Waals surface area contributed by atoms with Crippen LogP contribution in [0.4, 0.5) is 4.39 Å². The molecule has 8 heteroatoms. The molecule has 0 spiro atoms. The first-order chi connectivity index (χ1) is 11.4. The van der Waals surface area contributed by atoms with Gasteiger partial charge in [0.05, 0.1) is 19.1 Å². The molecule has 2 N–H and O–H groups in total. The summed E-state index contributed by atoms with van der Waals surface area (Å²) >= 11 is 6.06. The van der Waals surface area contributed by atoms with Crippen molar-refractivity contribution in [1.29, 1.82) is 0 Å². The molecule has 1 aromatic carbocycles. The van der Waals surface area contributed by atoms with Gasteiger partial charge in [-0.25, -0.2) is 4.39 Å². The van der Waals surface area contributed by atoms with Crippen LogP contribution in [0, 0.1) is 5.82 Å². The number of benzene rings is 1. The lowest BCUT2D eigenvalue weighted by atomic mass is 10.1. The molecule has 0 unspecified atom stereocenters. The quantitative estimate of drug-likeness (QED) is 0.783. The summed E-state index contributed by atoms with van der Waals surface area (Å²) in [6.07, 6.45) is 0.0150. The van der Waals surface area contributed by atoms with E-state index in [4.69, 9.17) is 16.7 Å². The maximum atomic E-state index is 13.2. The zero-order valence-corrected chi connectivity index (χ0v) is 14.2. The molecule has 1 aromatic rings. The van der Waals surface area contributed by atoms with E-state index in [-0.39, 0.29) is 31.4 Å². The summed E-state index contributed by atoms with van der Waals surface area (Å²) in [6, 6.07) is 3.52. The Morgan fingerprint density at radius 2 is 2.29 bits per heavy atom. The molecule has 6 nitrogen and oxygen atoms in total. The maximum absolute atomic E-state index is 13.2. The second-order valence-electron chi connectivity index (χ2n) is 5.76. The molecule has 0 radical (unpaired) electrons. The molecular weight excluding hydrogens is 337 g/mol. The molecule has 1 saturated heterocycles. The number of nitrogens with zero attached hydrogens (tertiary/aromatic N) is 2. The second kappa shape index (κ2) is 8.41. The van der Waals surface area contributed by atoms with Crippen LogP contribution in [0.5, 0.6) is 0 Å². The number of nitrogens with one attached hydrogen (secondary N) is 1. The molecule has 1 fully saturated rings. The van der Waals surface area contributed by atoms with E-state index in [1.807, 2.05) is 4.90 Å². The van der Waals surface area contributed by atoms with E-state index in [1.54, 1.807) is 13.1 Å². The first kappa shape index (κ1) is 18.6. The van der Waals surface area contributed by atoms with E-state index in [0.717, 1.165) is 0 Å². The monoisotopic (exact) mass is 357 g/mol. The minimum atomic E-state index is -0.617. The van der Waals surface area contributed by atoms with Crippen LogP contribution in [0.2, 0.25) is 5.02 Å². The molecule has 0 aromatic heterocycles. The van der Waals surface area contributed by atoms with Crippen LogP contribution in [0.1, 0.15) is 12.0 Å². The van der Waals surface area contributed by atoms with Crippen LogP contribution in [0.25, 0.3) is 0 Å². The highest BCUT2D eigenvalue weighted by atomic mass is 35.5. The molecule has 24 heavy (non-hydrogen) atoms. The number of rotatable bonds is 6. The zero-order chi connectivity index (χ0) is 17.7. The van der Waals surface area contributed by atoms with E-state index in [2.05, 4.69) is 5.32 Å². The molecule has 132 valence electrons. The Kier molecular flexibility index (Phi) is 6.53. The van der Waals surface area contributed by atoms with Gasteiger partial charge in [-0.15, -0.1) is 0 Å². The summed E-state index contributed by atoms with van der Waals surface area (Å²) in [6.45, 7) is 1.50. The first-order valence-electron chi connectivity index (χ1n) is 7.73. The summed E-state index contributed by atoms with van der Waals surface area (Å²) in [5.74, 6) is -0.857. The van der Waals surface area contributed by atoms with Crippen molar-refractivity contribution in [3.8, 4) is 0 Å². The first-order valence-corrected chi connectivity index (χ1v) is 8.10. The second-order valence-corrected chi connectivity index (χ2v) is 6.16. The largest absolute Gasteiger partial charge is 0.395 e. The molecule has 1 aliphatic rings. The summed E-state index contributed by atoms with van der Waals surface area (Å²) in [4.78, 5) is 27.6. The average Bonchev–Trinajstić information content (AvgIpc) is 2.53. The minimum Gasteiger partial charge on any atom is -0.395 e. The molecule has 2 amide bonds. The highest BCUT2D eigenvalue weighted by Gasteiger charge is 2.32. The summed E-state index contributed by atoms with van der Waals surface area (Å²) in [5.41, 5.74) is 0.703. The van der Waals surface area contributed by atoms with Crippen molar-refractivity contribution in [2.24, 2.45) is 0 Å². The van der Waals surface area contributed by atoms with E-state index < -0.39 is 11.9 Å². The maximum Gasteiger partial charge on any atom is 0.237 e. The Balaban J connectivity index is 2.10. The van der Waals surface area contributed by atoms with E-state index in [9.17, 15) is 14.0 Å². The van der Waals surface area contributed by atoms with Crippen molar-refractivity contribution in [2.75, 3.05) is 33.3 Å². The molecule has 0 saturated carbocycles. The normalized spacial score (nSPS) is 18.3. The van der Waals surface area contributed by atoms with Gasteiger partial charge in [-0.3, -0.25) is 14.5 Å². The number of hydrogen-bond acceptors (Lipinski definition) is 4. The summed E-state index contributed by atoms with van der Waals surface area (Å²) in [5, 5.41) is 12.0. The number of halogens is 2. The smallest absolute Gasteiger partial charge is 0.237 e. The van der Waals surface area contributed by atoms with E-state index >= 15 is 0 Å². The SMILES string of the molecule is CN(CCO)C(=O)C[C@@H]1C(=O)NCCN1Cc1ccc(F)cc1Cl. The summed E-state index contributed by atoms with van der Waals surface area (Å²) in [7, 11) is 1.58. The third kappa shape index (κ3) is 4.66. The number of hydrogen-bond donors (Lipinski definition) is 2. The van der Waals surface area contributed by atoms with Crippen molar-refractivity contribution >= 4 is 23.4 Å². The van der Waals surface area contributed by atoms with Crippen LogP contribution in [0.15, 0.2) is 18.2 Å². The Hall–Kier alpha value is -1.70. The van der Waals surface area contributed by atoms with Gasteiger partial charge in [0.2, 0.25) is 11.8 Å². The predicted molar refractivity (Wildman–Crippen MR) is 88.0 cm³/mol. The molecule has 1 atom stereocenters. The number of aliphatic hydroxyl groups is 1. The van der Waals surface area contributed by atoms with Gasteiger partial charge in [0.25, 0.3) is 0 Å². The lowest BCUT2D eigenvalue weighted by molar-refractivity contribution is -0.138. The van der Waals surface area contributed by atoms with Crippen molar-refractivity contribution in [1.82, 2.24) is 15.1 Å². The standard InChI is InChI=1S/C16H21ClFN3O3/c1-20(6-7-22)15(23)9-14-16(24)19-4-5-21(14)10-11-2-3-12(18)8-13(11)17/h2-3,8,14,22H,4-7,9-10H2,1H3,(H,19,24)/t14-/m1/s1. The Morgan fingerprint density at radius 3 is 2.96 bits per heavy atom. The third-order valence-corrected chi connectivity index (χ3v) is 4.41. The van der Waals surface area contributed by atoms with Gasteiger partial charge < -0.3 is 15.3 Å². The number of likely N-dealkylation sites (N-methyl/N-ethyl adjacent to an activating group) is 1. The number of carbonyl (C=O) groups is 2. The zero-order valence-electron chi connectivity index (χ0n) is 13.5. The van der Waals surface area contributed by atoms with Gasteiger partial charge in [-0.05, 0) is 17.7 Å². The van der Waals surface area contributed by atoms with Gasteiger partial charge in [0.1, 0.15) is 5.82 Å². The Morgan fingerprint density at radius 1 is 1.54 bits per heavy atom. The Labute approximate surface area is 145 Å². The average molecular weight is 358 g/mol. The number of aliphatic hydroxyl groups excluding tert-OH is 1. The van der Waals surface area contributed by atoms with Crippen molar-refractivity contribution in [2.45, 2.75) is 19.0 Å². The lowest BCUT2D eigenvalue weighted by Gasteiger charge is -2.35.